The summed E-state index contributed by atoms with van der Waals surface area (Å²) in [4.78, 5) is 0. The Bertz CT molecular complexity index is 300. The number of aliphatic hydroxyl groups is 1. The zero-order valence-corrected chi connectivity index (χ0v) is 9.20. The van der Waals surface area contributed by atoms with Crippen molar-refractivity contribution in [2.75, 3.05) is 13.2 Å². The van der Waals surface area contributed by atoms with Gasteiger partial charge < -0.3 is 15.6 Å². The van der Waals surface area contributed by atoms with Gasteiger partial charge in [0.15, 0.2) is 0 Å². The number of benzene rings is 1. The van der Waals surface area contributed by atoms with Crippen molar-refractivity contribution in [3.8, 4) is 5.75 Å². The van der Waals surface area contributed by atoms with Crippen LogP contribution < -0.4 is 10.5 Å². The van der Waals surface area contributed by atoms with E-state index in [0.29, 0.717) is 13.2 Å². The highest BCUT2D eigenvalue weighted by Gasteiger charge is 2.00. The molecule has 0 fully saturated rings. The number of ether oxygens (including phenoxy) is 1. The smallest absolute Gasteiger partial charge is 0.122 e. The zero-order chi connectivity index (χ0) is 11.1. The lowest BCUT2D eigenvalue weighted by Crippen LogP contribution is -2.02. The molecule has 84 valence electrons. The van der Waals surface area contributed by atoms with Crippen molar-refractivity contribution < 1.29 is 9.84 Å². The maximum atomic E-state index is 8.63. The fourth-order valence-electron chi connectivity index (χ4n) is 1.32. The van der Waals surface area contributed by atoms with E-state index in [4.69, 9.17) is 15.6 Å². The van der Waals surface area contributed by atoms with E-state index in [-0.39, 0.29) is 6.61 Å². The quantitative estimate of drug-likeness (QED) is 0.700. The Hall–Kier alpha value is -1.06. The lowest BCUT2D eigenvalue weighted by molar-refractivity contribution is 0.252. The number of rotatable bonds is 6. The van der Waals surface area contributed by atoms with Gasteiger partial charge in [0.2, 0.25) is 0 Å². The monoisotopic (exact) mass is 209 g/mol. The summed E-state index contributed by atoms with van der Waals surface area (Å²) < 4.78 is 5.61. The second kappa shape index (κ2) is 6.43. The molecule has 0 heterocycles. The number of aliphatic hydroxyl groups excluding tert-OH is 1. The highest BCUT2D eigenvalue weighted by atomic mass is 16.5. The number of nitrogens with two attached hydrogens (primary N) is 1. The molecular formula is C12H19NO2. The standard InChI is InChI=1S/C12H19NO2/c1-10-4-5-11(9-13)8-12(10)15-7-3-2-6-14/h4-5,8,14H,2-3,6-7,9,13H2,1H3. The van der Waals surface area contributed by atoms with Crippen molar-refractivity contribution in [1.82, 2.24) is 0 Å². The van der Waals surface area contributed by atoms with E-state index in [9.17, 15) is 0 Å². The molecule has 3 heteroatoms. The molecule has 1 aromatic carbocycles. The summed E-state index contributed by atoms with van der Waals surface area (Å²) in [6.45, 7) is 3.43. The molecule has 0 radical (unpaired) electrons. The molecule has 1 rings (SSSR count). The number of hydrogen-bond acceptors (Lipinski definition) is 3. The summed E-state index contributed by atoms with van der Waals surface area (Å²) in [5.41, 5.74) is 7.76. The molecule has 0 unspecified atom stereocenters. The Morgan fingerprint density at radius 1 is 1.33 bits per heavy atom. The summed E-state index contributed by atoms with van der Waals surface area (Å²) in [6.07, 6.45) is 1.67. The van der Waals surface area contributed by atoms with E-state index in [1.807, 2.05) is 25.1 Å². The predicted molar refractivity (Wildman–Crippen MR) is 60.9 cm³/mol. The van der Waals surface area contributed by atoms with Crippen LogP contribution in [0.3, 0.4) is 0 Å². The average molecular weight is 209 g/mol. The van der Waals surface area contributed by atoms with E-state index in [1.54, 1.807) is 0 Å². The maximum Gasteiger partial charge on any atom is 0.122 e. The minimum absolute atomic E-state index is 0.227. The SMILES string of the molecule is Cc1ccc(CN)cc1OCCCCO. The Labute approximate surface area is 90.9 Å². The van der Waals surface area contributed by atoms with Crippen LogP contribution in [0.25, 0.3) is 0 Å². The molecule has 0 aliphatic rings. The minimum Gasteiger partial charge on any atom is -0.493 e. The maximum absolute atomic E-state index is 8.63. The van der Waals surface area contributed by atoms with E-state index in [1.165, 1.54) is 0 Å². The minimum atomic E-state index is 0.227. The Balaban J connectivity index is 2.51. The third-order valence-corrected chi connectivity index (χ3v) is 2.30. The third kappa shape index (κ3) is 3.90. The number of unbranched alkanes of at least 4 members (excludes halogenated alkanes) is 1. The summed E-state index contributed by atoms with van der Waals surface area (Å²) in [5, 5.41) is 8.63. The van der Waals surface area contributed by atoms with E-state index < -0.39 is 0 Å². The van der Waals surface area contributed by atoms with Crippen molar-refractivity contribution in [3.63, 3.8) is 0 Å². The van der Waals surface area contributed by atoms with Crippen LogP contribution in [0.1, 0.15) is 24.0 Å². The molecule has 0 bridgehead atoms. The first kappa shape index (κ1) is 12.0. The van der Waals surface area contributed by atoms with E-state index >= 15 is 0 Å². The highest BCUT2D eigenvalue weighted by Crippen LogP contribution is 2.19. The molecular weight excluding hydrogens is 190 g/mol. The van der Waals surface area contributed by atoms with Crippen LogP contribution in [0.2, 0.25) is 0 Å². The Kier molecular flexibility index (Phi) is 5.15. The van der Waals surface area contributed by atoms with Gasteiger partial charge in [0, 0.05) is 13.2 Å². The summed E-state index contributed by atoms with van der Waals surface area (Å²) in [7, 11) is 0. The van der Waals surface area contributed by atoms with Gasteiger partial charge in [-0.1, -0.05) is 12.1 Å². The van der Waals surface area contributed by atoms with Gasteiger partial charge in [-0.15, -0.1) is 0 Å². The molecule has 3 nitrogen and oxygen atoms in total. The summed E-state index contributed by atoms with van der Waals surface area (Å²) >= 11 is 0. The fraction of sp³-hybridized carbons (Fsp3) is 0.500. The zero-order valence-electron chi connectivity index (χ0n) is 9.20. The van der Waals surface area contributed by atoms with Gasteiger partial charge in [-0.3, -0.25) is 0 Å². The van der Waals surface area contributed by atoms with Gasteiger partial charge in [0.25, 0.3) is 0 Å². The third-order valence-electron chi connectivity index (χ3n) is 2.30. The summed E-state index contributed by atoms with van der Waals surface area (Å²) in [5.74, 6) is 0.899. The molecule has 0 amide bonds. The molecule has 0 saturated heterocycles. The topological polar surface area (TPSA) is 55.5 Å². The molecule has 15 heavy (non-hydrogen) atoms. The van der Waals surface area contributed by atoms with Gasteiger partial charge in [-0.05, 0) is 37.0 Å². The molecule has 0 aliphatic heterocycles. The largest absolute Gasteiger partial charge is 0.493 e. The van der Waals surface area contributed by atoms with Gasteiger partial charge >= 0.3 is 0 Å². The second-order valence-electron chi connectivity index (χ2n) is 3.58. The molecule has 0 saturated carbocycles. The Morgan fingerprint density at radius 3 is 2.80 bits per heavy atom. The first-order chi connectivity index (χ1) is 7.27. The fourth-order valence-corrected chi connectivity index (χ4v) is 1.32. The van der Waals surface area contributed by atoms with Crippen LogP contribution in [0.5, 0.6) is 5.75 Å². The normalized spacial score (nSPS) is 10.3. The molecule has 1 aromatic rings. The molecule has 0 atom stereocenters. The number of aryl methyl sites for hydroxylation is 1. The van der Waals surface area contributed by atoms with Gasteiger partial charge in [0.1, 0.15) is 5.75 Å². The van der Waals surface area contributed by atoms with E-state index in [2.05, 4.69) is 0 Å². The van der Waals surface area contributed by atoms with Crippen LogP contribution in [0.4, 0.5) is 0 Å². The van der Waals surface area contributed by atoms with Crippen molar-refractivity contribution in [3.05, 3.63) is 29.3 Å². The van der Waals surface area contributed by atoms with Crippen LogP contribution in [0, 0.1) is 6.92 Å². The Morgan fingerprint density at radius 2 is 2.13 bits per heavy atom. The first-order valence-electron chi connectivity index (χ1n) is 5.31. The van der Waals surface area contributed by atoms with Crippen molar-refractivity contribution in [2.45, 2.75) is 26.3 Å². The van der Waals surface area contributed by atoms with Gasteiger partial charge in [-0.25, -0.2) is 0 Å². The molecule has 3 N–H and O–H groups in total. The predicted octanol–water partition coefficient (Wildman–Crippen LogP) is 1.61. The summed E-state index contributed by atoms with van der Waals surface area (Å²) in [6, 6.07) is 6.01. The van der Waals surface area contributed by atoms with Gasteiger partial charge in [-0.2, -0.15) is 0 Å². The van der Waals surface area contributed by atoms with Crippen LogP contribution in [0.15, 0.2) is 18.2 Å². The van der Waals surface area contributed by atoms with E-state index in [0.717, 1.165) is 29.7 Å². The molecule has 0 spiro atoms. The van der Waals surface area contributed by atoms with Crippen LogP contribution in [-0.2, 0) is 6.54 Å². The van der Waals surface area contributed by atoms with Crippen molar-refractivity contribution in [2.24, 2.45) is 5.73 Å². The lowest BCUT2D eigenvalue weighted by Gasteiger charge is -2.10. The average Bonchev–Trinajstić information content (AvgIpc) is 2.26. The van der Waals surface area contributed by atoms with Crippen molar-refractivity contribution in [1.29, 1.82) is 0 Å². The molecule has 0 aromatic heterocycles. The van der Waals surface area contributed by atoms with Crippen LogP contribution in [-0.4, -0.2) is 18.3 Å². The van der Waals surface area contributed by atoms with Gasteiger partial charge in [0.05, 0.1) is 6.61 Å². The highest BCUT2D eigenvalue weighted by molar-refractivity contribution is 5.36. The van der Waals surface area contributed by atoms with Crippen molar-refractivity contribution >= 4 is 0 Å². The van der Waals surface area contributed by atoms with Crippen LogP contribution >= 0.6 is 0 Å². The number of hydrogen-bond donors (Lipinski definition) is 2. The first-order valence-corrected chi connectivity index (χ1v) is 5.31. The molecule has 0 aliphatic carbocycles. The lowest BCUT2D eigenvalue weighted by atomic mass is 10.1. The second-order valence-corrected chi connectivity index (χ2v) is 3.58.